The van der Waals surface area contributed by atoms with Crippen molar-refractivity contribution in [2.75, 3.05) is 11.1 Å². The zero-order valence-corrected chi connectivity index (χ0v) is 11.3. The van der Waals surface area contributed by atoms with Gasteiger partial charge in [-0.15, -0.1) is 0 Å². The van der Waals surface area contributed by atoms with Crippen LogP contribution in [-0.2, 0) is 0 Å². The Kier molecular flexibility index (Phi) is 3.17. The molecular weight excluding hydrogens is 272 g/mol. The van der Waals surface area contributed by atoms with Crippen molar-refractivity contribution in [3.05, 3.63) is 59.8 Å². The van der Waals surface area contributed by atoms with Gasteiger partial charge in [-0.05, 0) is 42.8 Å². The topological polar surface area (TPSA) is 50.9 Å². The van der Waals surface area contributed by atoms with Crippen LogP contribution in [0.25, 0.3) is 10.9 Å². The lowest BCUT2D eigenvalue weighted by atomic mass is 10.1. The fourth-order valence-corrected chi connectivity index (χ4v) is 2.20. The summed E-state index contributed by atoms with van der Waals surface area (Å²) in [7, 11) is 0. The number of hydrogen-bond acceptors (Lipinski definition) is 3. The Hall–Kier alpha value is -2.69. The lowest BCUT2D eigenvalue weighted by molar-refractivity contribution is 0.585. The van der Waals surface area contributed by atoms with E-state index in [0.717, 1.165) is 5.39 Å². The minimum atomic E-state index is -0.654. The lowest BCUT2D eigenvalue weighted by Crippen LogP contribution is -2.01. The number of hydrogen-bond donors (Lipinski definition) is 2. The van der Waals surface area contributed by atoms with Crippen LogP contribution in [0.2, 0.25) is 0 Å². The fraction of sp³-hybridized carbons (Fsp3) is 0.0625. The largest absolute Gasteiger partial charge is 0.398 e. The van der Waals surface area contributed by atoms with Crippen LogP contribution in [0.3, 0.4) is 0 Å². The van der Waals surface area contributed by atoms with Crippen molar-refractivity contribution >= 4 is 28.0 Å². The summed E-state index contributed by atoms with van der Waals surface area (Å²) in [4.78, 5) is 4.23. The molecule has 0 radical (unpaired) electrons. The molecule has 0 saturated heterocycles. The molecule has 0 spiro atoms. The molecule has 2 aromatic carbocycles. The summed E-state index contributed by atoms with van der Waals surface area (Å²) in [6.45, 7) is 1.58. The molecule has 0 fully saturated rings. The zero-order chi connectivity index (χ0) is 15.0. The van der Waals surface area contributed by atoms with Crippen LogP contribution in [0.1, 0.15) is 5.56 Å². The third-order valence-electron chi connectivity index (χ3n) is 3.35. The summed E-state index contributed by atoms with van der Waals surface area (Å²) in [6, 6.07) is 9.54. The Bertz CT molecular complexity index is 831. The molecule has 1 aromatic heterocycles. The number of aryl methyl sites for hydroxylation is 1. The van der Waals surface area contributed by atoms with Crippen LogP contribution >= 0.6 is 0 Å². The Balaban J connectivity index is 2.16. The highest BCUT2D eigenvalue weighted by atomic mass is 19.1. The average molecular weight is 285 g/mol. The Morgan fingerprint density at radius 3 is 2.71 bits per heavy atom. The lowest BCUT2D eigenvalue weighted by Gasteiger charge is -2.13. The Morgan fingerprint density at radius 2 is 1.90 bits per heavy atom. The molecule has 5 heteroatoms. The van der Waals surface area contributed by atoms with E-state index >= 15 is 0 Å². The number of nitrogens with two attached hydrogens (primary N) is 1. The highest BCUT2D eigenvalue weighted by Gasteiger charge is 2.13. The third kappa shape index (κ3) is 2.27. The normalized spacial score (nSPS) is 10.8. The second-order valence-electron chi connectivity index (χ2n) is 4.78. The van der Waals surface area contributed by atoms with Gasteiger partial charge in [-0.25, -0.2) is 8.78 Å². The molecule has 3 rings (SSSR count). The van der Waals surface area contributed by atoms with Gasteiger partial charge in [-0.2, -0.15) is 0 Å². The number of rotatable bonds is 2. The molecule has 0 aliphatic heterocycles. The number of halogens is 2. The molecule has 3 aromatic rings. The molecular formula is C16H13F2N3. The van der Waals surface area contributed by atoms with Crippen molar-refractivity contribution in [3.8, 4) is 0 Å². The summed E-state index contributed by atoms with van der Waals surface area (Å²) in [5.41, 5.74) is 7.70. The molecule has 3 N–H and O–H groups in total. The highest BCUT2D eigenvalue weighted by Crippen LogP contribution is 2.31. The van der Waals surface area contributed by atoms with Gasteiger partial charge in [0.2, 0.25) is 0 Å². The van der Waals surface area contributed by atoms with Crippen LogP contribution in [0, 0.1) is 18.6 Å². The first-order valence-corrected chi connectivity index (χ1v) is 6.43. The SMILES string of the molecule is Cc1ccc(F)c(Nc2ccc(N)c3cccnc23)c1F. The molecule has 0 aliphatic carbocycles. The molecule has 21 heavy (non-hydrogen) atoms. The summed E-state index contributed by atoms with van der Waals surface area (Å²) < 4.78 is 27.9. The van der Waals surface area contributed by atoms with Crippen LogP contribution in [0.4, 0.5) is 25.8 Å². The zero-order valence-electron chi connectivity index (χ0n) is 11.3. The summed E-state index contributed by atoms with van der Waals surface area (Å²) in [5.74, 6) is -1.27. The first-order chi connectivity index (χ1) is 10.1. The number of aromatic nitrogens is 1. The van der Waals surface area contributed by atoms with Gasteiger partial charge >= 0.3 is 0 Å². The van der Waals surface area contributed by atoms with E-state index in [0.29, 0.717) is 22.5 Å². The monoisotopic (exact) mass is 285 g/mol. The number of nitrogens with zero attached hydrogens (tertiary/aromatic N) is 1. The van der Waals surface area contributed by atoms with Crippen LogP contribution in [0.5, 0.6) is 0 Å². The molecule has 0 saturated carbocycles. The minimum absolute atomic E-state index is 0.188. The van der Waals surface area contributed by atoms with E-state index in [9.17, 15) is 8.78 Å². The quantitative estimate of drug-likeness (QED) is 0.695. The number of pyridine rings is 1. The van der Waals surface area contributed by atoms with Gasteiger partial charge in [-0.3, -0.25) is 4.98 Å². The van der Waals surface area contributed by atoms with Gasteiger partial charge in [0.15, 0.2) is 5.82 Å². The van der Waals surface area contributed by atoms with E-state index in [4.69, 9.17) is 5.73 Å². The standard InChI is InChI=1S/C16H13F2N3/c1-9-4-5-11(17)16(14(9)18)21-13-7-6-12(19)10-3-2-8-20-15(10)13/h2-8,21H,19H2,1H3. The maximum atomic E-state index is 14.1. The van der Waals surface area contributed by atoms with E-state index in [1.807, 2.05) is 6.07 Å². The predicted molar refractivity (Wildman–Crippen MR) is 80.5 cm³/mol. The van der Waals surface area contributed by atoms with Crippen molar-refractivity contribution < 1.29 is 8.78 Å². The van der Waals surface area contributed by atoms with Crippen molar-refractivity contribution in [1.82, 2.24) is 4.98 Å². The van der Waals surface area contributed by atoms with E-state index in [-0.39, 0.29) is 5.69 Å². The van der Waals surface area contributed by atoms with E-state index < -0.39 is 11.6 Å². The molecule has 0 amide bonds. The number of nitrogens with one attached hydrogen (secondary N) is 1. The summed E-state index contributed by atoms with van der Waals surface area (Å²) >= 11 is 0. The summed E-state index contributed by atoms with van der Waals surface area (Å²) in [5, 5.41) is 3.52. The van der Waals surface area contributed by atoms with E-state index in [1.165, 1.54) is 12.1 Å². The van der Waals surface area contributed by atoms with Crippen molar-refractivity contribution in [1.29, 1.82) is 0 Å². The third-order valence-corrected chi connectivity index (χ3v) is 3.35. The van der Waals surface area contributed by atoms with Crippen LogP contribution < -0.4 is 11.1 Å². The maximum absolute atomic E-state index is 14.1. The highest BCUT2D eigenvalue weighted by molar-refractivity contribution is 5.99. The minimum Gasteiger partial charge on any atom is -0.398 e. The number of benzene rings is 2. The second-order valence-corrected chi connectivity index (χ2v) is 4.78. The van der Waals surface area contributed by atoms with Crippen molar-refractivity contribution in [3.63, 3.8) is 0 Å². The van der Waals surface area contributed by atoms with Gasteiger partial charge in [0, 0.05) is 17.3 Å². The fourth-order valence-electron chi connectivity index (χ4n) is 2.20. The first kappa shape index (κ1) is 13.3. The molecule has 1 heterocycles. The molecule has 0 aliphatic rings. The molecule has 0 atom stereocenters. The molecule has 3 nitrogen and oxygen atoms in total. The molecule has 106 valence electrons. The summed E-state index contributed by atoms with van der Waals surface area (Å²) in [6.07, 6.45) is 1.61. The molecule has 0 bridgehead atoms. The van der Waals surface area contributed by atoms with E-state index in [1.54, 1.807) is 31.3 Å². The average Bonchev–Trinajstić information content (AvgIpc) is 2.50. The first-order valence-electron chi connectivity index (χ1n) is 6.43. The van der Waals surface area contributed by atoms with Gasteiger partial charge in [0.25, 0.3) is 0 Å². The Morgan fingerprint density at radius 1 is 1.10 bits per heavy atom. The van der Waals surface area contributed by atoms with Gasteiger partial charge in [0.1, 0.15) is 11.5 Å². The van der Waals surface area contributed by atoms with Gasteiger partial charge < -0.3 is 11.1 Å². The number of fused-ring (bicyclic) bond motifs is 1. The smallest absolute Gasteiger partial charge is 0.152 e. The van der Waals surface area contributed by atoms with Crippen LogP contribution in [-0.4, -0.2) is 4.98 Å². The number of anilines is 3. The van der Waals surface area contributed by atoms with Gasteiger partial charge in [-0.1, -0.05) is 6.07 Å². The van der Waals surface area contributed by atoms with Crippen molar-refractivity contribution in [2.24, 2.45) is 0 Å². The Labute approximate surface area is 120 Å². The predicted octanol–water partition coefficient (Wildman–Crippen LogP) is 4.15. The van der Waals surface area contributed by atoms with Crippen molar-refractivity contribution in [2.45, 2.75) is 6.92 Å². The molecule has 0 unspecified atom stereocenters. The second kappa shape index (κ2) is 5.01. The van der Waals surface area contributed by atoms with Gasteiger partial charge in [0.05, 0.1) is 11.2 Å². The maximum Gasteiger partial charge on any atom is 0.152 e. The van der Waals surface area contributed by atoms with Crippen LogP contribution in [0.15, 0.2) is 42.6 Å². The van der Waals surface area contributed by atoms with E-state index in [2.05, 4.69) is 10.3 Å². The number of nitrogen functional groups attached to an aromatic ring is 1.